The number of ether oxygens (including phenoxy) is 1. The van der Waals surface area contributed by atoms with Crippen molar-refractivity contribution < 1.29 is 13.5 Å². The van der Waals surface area contributed by atoms with Crippen molar-refractivity contribution in [3.63, 3.8) is 0 Å². The van der Waals surface area contributed by atoms with Gasteiger partial charge in [-0.3, -0.25) is 0 Å². The zero-order chi connectivity index (χ0) is 11.4. The molecule has 6 heteroatoms. The van der Waals surface area contributed by atoms with Gasteiger partial charge in [0.1, 0.15) is 17.3 Å². The van der Waals surface area contributed by atoms with Crippen molar-refractivity contribution >= 4 is 33.1 Å². The second kappa shape index (κ2) is 5.37. The van der Waals surface area contributed by atoms with Gasteiger partial charge in [0.25, 0.3) is 6.43 Å². The van der Waals surface area contributed by atoms with E-state index in [0.717, 1.165) is 0 Å². The molecule has 0 spiro atoms. The number of nitrogens with two attached hydrogens (primary N) is 1. The first-order valence-electron chi connectivity index (χ1n) is 4.01. The maximum Gasteiger partial charge on any atom is 0.272 e. The van der Waals surface area contributed by atoms with Crippen LogP contribution in [0.1, 0.15) is 5.56 Å². The van der Waals surface area contributed by atoms with Crippen molar-refractivity contribution in [2.24, 2.45) is 5.73 Å². The van der Waals surface area contributed by atoms with Crippen LogP contribution in [0.2, 0.25) is 0 Å². The van der Waals surface area contributed by atoms with Gasteiger partial charge in [0, 0.05) is 10.0 Å². The zero-order valence-corrected chi connectivity index (χ0v) is 9.95. The van der Waals surface area contributed by atoms with Gasteiger partial charge in [-0.05, 0) is 34.1 Å². The van der Waals surface area contributed by atoms with E-state index >= 15 is 0 Å². The maximum atomic E-state index is 11.9. The number of thiocarbonyl (C=S) groups is 1. The summed E-state index contributed by atoms with van der Waals surface area (Å²) in [6, 6.07) is 4.71. The molecule has 1 aromatic carbocycles. The highest BCUT2D eigenvalue weighted by atomic mass is 79.9. The fourth-order valence-electron chi connectivity index (χ4n) is 0.945. The molecule has 0 fully saturated rings. The molecule has 0 aromatic heterocycles. The lowest BCUT2D eigenvalue weighted by Gasteiger charge is -2.07. The molecule has 82 valence electrons. The second-order valence-corrected chi connectivity index (χ2v) is 4.00. The van der Waals surface area contributed by atoms with E-state index < -0.39 is 13.0 Å². The summed E-state index contributed by atoms with van der Waals surface area (Å²) in [5.41, 5.74) is 6.08. The number of benzene rings is 1. The second-order valence-electron chi connectivity index (χ2n) is 2.71. The SMILES string of the molecule is NC(=S)c1ccc(OCC(F)F)cc1Br. The highest BCUT2D eigenvalue weighted by Gasteiger charge is 2.07. The van der Waals surface area contributed by atoms with Crippen molar-refractivity contribution in [3.8, 4) is 5.75 Å². The van der Waals surface area contributed by atoms with E-state index in [1.807, 2.05) is 0 Å². The van der Waals surface area contributed by atoms with Crippen LogP contribution in [-0.2, 0) is 0 Å². The molecule has 2 N–H and O–H groups in total. The molecule has 0 saturated carbocycles. The smallest absolute Gasteiger partial charge is 0.272 e. The summed E-state index contributed by atoms with van der Waals surface area (Å²) in [5.74, 6) is 0.349. The number of hydrogen-bond donors (Lipinski definition) is 1. The van der Waals surface area contributed by atoms with Crippen LogP contribution in [0, 0.1) is 0 Å². The number of alkyl halides is 2. The number of hydrogen-bond acceptors (Lipinski definition) is 2. The Morgan fingerprint density at radius 2 is 2.20 bits per heavy atom. The first-order chi connectivity index (χ1) is 7.00. The van der Waals surface area contributed by atoms with Crippen LogP contribution in [0.25, 0.3) is 0 Å². The fraction of sp³-hybridized carbons (Fsp3) is 0.222. The predicted molar refractivity (Wildman–Crippen MR) is 61.5 cm³/mol. The summed E-state index contributed by atoms with van der Waals surface area (Å²) in [6.07, 6.45) is -2.49. The Hall–Kier alpha value is -0.750. The van der Waals surface area contributed by atoms with Gasteiger partial charge in [-0.1, -0.05) is 12.2 Å². The molecule has 0 unspecified atom stereocenters. The summed E-state index contributed by atoms with van der Waals surface area (Å²) >= 11 is 8.01. The van der Waals surface area contributed by atoms with Crippen molar-refractivity contribution in [2.75, 3.05) is 6.61 Å². The molecule has 0 aliphatic carbocycles. The van der Waals surface area contributed by atoms with E-state index in [9.17, 15) is 8.78 Å². The molecular formula is C9H8BrF2NOS. The summed E-state index contributed by atoms with van der Waals surface area (Å²) in [5, 5.41) is 0. The molecule has 0 radical (unpaired) electrons. The lowest BCUT2D eigenvalue weighted by atomic mass is 10.2. The van der Waals surface area contributed by atoms with Gasteiger partial charge in [0.2, 0.25) is 0 Å². The predicted octanol–water partition coefficient (Wildman–Crippen LogP) is 2.73. The fourth-order valence-corrected chi connectivity index (χ4v) is 1.83. The zero-order valence-electron chi connectivity index (χ0n) is 7.54. The van der Waals surface area contributed by atoms with E-state index in [1.54, 1.807) is 18.2 Å². The van der Waals surface area contributed by atoms with E-state index in [-0.39, 0.29) is 4.99 Å². The van der Waals surface area contributed by atoms with Crippen molar-refractivity contribution in [1.82, 2.24) is 0 Å². The van der Waals surface area contributed by atoms with Crippen LogP contribution in [0.5, 0.6) is 5.75 Å². The first-order valence-corrected chi connectivity index (χ1v) is 5.21. The Balaban J connectivity index is 2.78. The minimum Gasteiger partial charge on any atom is -0.488 e. The average Bonchev–Trinajstić information content (AvgIpc) is 2.14. The molecular weight excluding hydrogens is 288 g/mol. The summed E-state index contributed by atoms with van der Waals surface area (Å²) < 4.78 is 29.1. The van der Waals surface area contributed by atoms with Crippen LogP contribution in [0.4, 0.5) is 8.78 Å². The van der Waals surface area contributed by atoms with Gasteiger partial charge < -0.3 is 10.5 Å². The van der Waals surface area contributed by atoms with E-state index in [2.05, 4.69) is 15.9 Å². The normalized spacial score (nSPS) is 10.4. The van der Waals surface area contributed by atoms with Crippen molar-refractivity contribution in [2.45, 2.75) is 6.43 Å². The molecule has 0 bridgehead atoms. The van der Waals surface area contributed by atoms with Crippen molar-refractivity contribution in [3.05, 3.63) is 28.2 Å². The van der Waals surface area contributed by atoms with Gasteiger partial charge in [-0.15, -0.1) is 0 Å². The third kappa shape index (κ3) is 3.71. The van der Waals surface area contributed by atoms with Crippen LogP contribution in [0.15, 0.2) is 22.7 Å². The summed E-state index contributed by atoms with van der Waals surface area (Å²) in [6.45, 7) is -0.626. The van der Waals surface area contributed by atoms with Gasteiger partial charge in [0.05, 0.1) is 0 Å². The Kier molecular flexibility index (Phi) is 4.41. The quantitative estimate of drug-likeness (QED) is 0.868. The van der Waals surface area contributed by atoms with Crippen LogP contribution >= 0.6 is 28.1 Å². The lowest BCUT2D eigenvalue weighted by molar-refractivity contribution is 0.0819. The molecule has 15 heavy (non-hydrogen) atoms. The summed E-state index contributed by atoms with van der Waals surface area (Å²) in [4.78, 5) is 0.238. The largest absolute Gasteiger partial charge is 0.488 e. The van der Waals surface area contributed by atoms with Crippen LogP contribution < -0.4 is 10.5 Å². The van der Waals surface area contributed by atoms with Crippen molar-refractivity contribution in [1.29, 1.82) is 0 Å². The van der Waals surface area contributed by atoms with E-state index in [4.69, 9.17) is 22.7 Å². The molecule has 0 saturated heterocycles. The third-order valence-corrected chi connectivity index (χ3v) is 2.46. The number of halogens is 3. The van der Waals surface area contributed by atoms with Gasteiger partial charge in [-0.2, -0.15) is 0 Å². The first kappa shape index (κ1) is 12.3. The van der Waals surface area contributed by atoms with E-state index in [0.29, 0.717) is 15.8 Å². The molecule has 1 aromatic rings. The highest BCUT2D eigenvalue weighted by Crippen LogP contribution is 2.23. The molecule has 1 rings (SSSR count). The Labute approximate surface area is 99.5 Å². The Morgan fingerprint density at radius 1 is 1.53 bits per heavy atom. The molecule has 2 nitrogen and oxygen atoms in total. The minimum atomic E-state index is -2.49. The van der Waals surface area contributed by atoms with Crippen LogP contribution in [-0.4, -0.2) is 18.0 Å². The topological polar surface area (TPSA) is 35.2 Å². The standard InChI is InChI=1S/C9H8BrF2NOS/c10-7-3-5(14-4-8(11)12)1-2-6(7)9(13)15/h1-3,8H,4H2,(H2,13,15). The molecule has 0 heterocycles. The Bertz CT molecular complexity index is 373. The Morgan fingerprint density at radius 3 is 2.67 bits per heavy atom. The highest BCUT2D eigenvalue weighted by molar-refractivity contribution is 9.10. The monoisotopic (exact) mass is 295 g/mol. The molecule has 0 aliphatic rings. The van der Waals surface area contributed by atoms with Gasteiger partial charge >= 0.3 is 0 Å². The number of rotatable bonds is 4. The minimum absolute atomic E-state index is 0.238. The van der Waals surface area contributed by atoms with Crippen LogP contribution in [0.3, 0.4) is 0 Å². The van der Waals surface area contributed by atoms with Gasteiger partial charge in [0.15, 0.2) is 0 Å². The lowest BCUT2D eigenvalue weighted by Crippen LogP contribution is -2.11. The summed E-state index contributed by atoms with van der Waals surface area (Å²) in [7, 11) is 0. The molecule has 0 aliphatic heterocycles. The van der Waals surface area contributed by atoms with Gasteiger partial charge in [-0.25, -0.2) is 8.78 Å². The average molecular weight is 296 g/mol. The maximum absolute atomic E-state index is 11.9. The molecule has 0 amide bonds. The third-order valence-electron chi connectivity index (χ3n) is 1.58. The molecule has 0 atom stereocenters. The van der Waals surface area contributed by atoms with E-state index in [1.165, 1.54) is 0 Å².